The Kier molecular flexibility index (Phi) is 12.9. The number of phosphoric acid groups is 1. The molecule has 1 rings (SSSR count). The van der Waals surface area contributed by atoms with Crippen LogP contribution in [0.1, 0.15) is 84.0 Å². The first-order chi connectivity index (χ1) is 12.5. The maximum Gasteiger partial charge on any atom is 0.472 e. The first kappa shape index (κ1) is 23.4. The maximum absolute atomic E-state index is 11.6. The minimum Gasteiger partial charge on any atom is -0.463 e. The SMILES string of the molecule is CCCCCC/C=C\CCCCCCCC(=O)OCC1COP(=O)(O)O1. The largest absolute Gasteiger partial charge is 0.472 e. The van der Waals surface area contributed by atoms with E-state index in [1.807, 2.05) is 0 Å². The summed E-state index contributed by atoms with van der Waals surface area (Å²) in [5, 5.41) is 0. The second-order valence-corrected chi connectivity index (χ2v) is 8.21. The number of carbonyl (C=O) groups excluding carboxylic acids is 1. The molecule has 1 heterocycles. The van der Waals surface area contributed by atoms with Crippen molar-refractivity contribution in [2.75, 3.05) is 13.2 Å². The molecule has 0 aromatic rings. The molecule has 1 fully saturated rings. The van der Waals surface area contributed by atoms with Crippen molar-refractivity contribution in [1.82, 2.24) is 0 Å². The Hall–Kier alpha value is -0.680. The van der Waals surface area contributed by atoms with E-state index in [1.54, 1.807) is 0 Å². The number of hydrogen-bond acceptors (Lipinski definition) is 5. The number of phosphoric ester groups is 1. The Balaban J connectivity index is 1.84. The zero-order chi connectivity index (χ0) is 19.1. The van der Waals surface area contributed by atoms with Crippen molar-refractivity contribution in [2.24, 2.45) is 0 Å². The highest BCUT2D eigenvalue weighted by molar-refractivity contribution is 7.47. The van der Waals surface area contributed by atoms with Gasteiger partial charge in [0.05, 0.1) is 6.61 Å². The maximum atomic E-state index is 11.6. The lowest BCUT2D eigenvalue weighted by molar-refractivity contribution is -0.146. The second-order valence-electron chi connectivity index (χ2n) is 6.80. The highest BCUT2D eigenvalue weighted by Gasteiger charge is 2.35. The number of unbranched alkanes of at least 4 members (excludes halogenated alkanes) is 9. The van der Waals surface area contributed by atoms with Gasteiger partial charge in [-0.05, 0) is 32.1 Å². The van der Waals surface area contributed by atoms with Crippen LogP contribution >= 0.6 is 7.82 Å². The van der Waals surface area contributed by atoms with Crippen LogP contribution in [-0.2, 0) is 23.1 Å². The standard InChI is InChI=1S/C19H35O6P/c1-2-3-4-5-6-7-8-9-10-11-12-13-14-15-19(20)23-16-18-17-24-26(21,22)25-18/h7-8,18H,2-6,9-17H2,1H3,(H,21,22)/b8-7-. The van der Waals surface area contributed by atoms with Crippen LogP contribution in [0.3, 0.4) is 0 Å². The molecule has 0 aromatic heterocycles. The van der Waals surface area contributed by atoms with E-state index in [1.165, 1.54) is 44.9 Å². The number of allylic oxidation sites excluding steroid dienone is 2. The van der Waals surface area contributed by atoms with Crippen molar-refractivity contribution in [3.63, 3.8) is 0 Å². The number of hydrogen-bond donors (Lipinski definition) is 1. The minimum absolute atomic E-state index is 0.0196. The third kappa shape index (κ3) is 12.6. The van der Waals surface area contributed by atoms with Gasteiger partial charge in [0.15, 0.2) is 0 Å². The molecule has 1 N–H and O–H groups in total. The van der Waals surface area contributed by atoms with E-state index in [0.717, 1.165) is 25.7 Å². The minimum atomic E-state index is -3.91. The van der Waals surface area contributed by atoms with Gasteiger partial charge in [0.2, 0.25) is 0 Å². The fourth-order valence-electron chi connectivity index (χ4n) is 2.75. The van der Waals surface area contributed by atoms with Crippen LogP contribution in [0.5, 0.6) is 0 Å². The summed E-state index contributed by atoms with van der Waals surface area (Å²) in [5.41, 5.74) is 0. The van der Waals surface area contributed by atoms with Crippen LogP contribution in [-0.4, -0.2) is 30.2 Å². The molecule has 0 radical (unpaired) electrons. The van der Waals surface area contributed by atoms with Crippen molar-refractivity contribution < 1.29 is 28.0 Å². The summed E-state index contributed by atoms with van der Waals surface area (Å²) in [7, 11) is -3.91. The topological polar surface area (TPSA) is 82.1 Å². The summed E-state index contributed by atoms with van der Waals surface area (Å²) in [6, 6.07) is 0. The number of rotatable bonds is 15. The Morgan fingerprint density at radius 2 is 1.69 bits per heavy atom. The van der Waals surface area contributed by atoms with Crippen molar-refractivity contribution in [3.05, 3.63) is 12.2 Å². The molecule has 0 aromatic carbocycles. The second kappa shape index (κ2) is 14.4. The zero-order valence-electron chi connectivity index (χ0n) is 16.1. The summed E-state index contributed by atoms with van der Waals surface area (Å²) >= 11 is 0. The lowest BCUT2D eigenvalue weighted by Gasteiger charge is -2.08. The molecule has 0 spiro atoms. The van der Waals surface area contributed by atoms with Crippen molar-refractivity contribution in [3.8, 4) is 0 Å². The van der Waals surface area contributed by atoms with Crippen LogP contribution < -0.4 is 0 Å². The zero-order valence-corrected chi connectivity index (χ0v) is 17.0. The molecule has 0 saturated carbocycles. The van der Waals surface area contributed by atoms with E-state index in [-0.39, 0.29) is 19.2 Å². The Morgan fingerprint density at radius 1 is 1.08 bits per heavy atom. The molecule has 2 unspecified atom stereocenters. The summed E-state index contributed by atoms with van der Waals surface area (Å²) < 4.78 is 25.4. The van der Waals surface area contributed by atoms with Crippen LogP contribution in [0.25, 0.3) is 0 Å². The molecular formula is C19H35O6P. The van der Waals surface area contributed by atoms with E-state index in [9.17, 15) is 9.36 Å². The predicted molar refractivity (Wildman–Crippen MR) is 102 cm³/mol. The average molecular weight is 390 g/mol. The smallest absolute Gasteiger partial charge is 0.463 e. The van der Waals surface area contributed by atoms with Crippen LogP contribution in [0.15, 0.2) is 12.2 Å². The molecule has 1 aliphatic heterocycles. The van der Waals surface area contributed by atoms with Gasteiger partial charge in [0.25, 0.3) is 0 Å². The lowest BCUT2D eigenvalue weighted by atomic mass is 10.1. The fourth-order valence-corrected chi connectivity index (χ4v) is 3.66. The monoisotopic (exact) mass is 390 g/mol. The lowest BCUT2D eigenvalue weighted by Crippen LogP contribution is -2.20. The van der Waals surface area contributed by atoms with Gasteiger partial charge in [-0.25, -0.2) is 4.57 Å². The van der Waals surface area contributed by atoms with Crippen LogP contribution in [0.4, 0.5) is 0 Å². The van der Waals surface area contributed by atoms with E-state index in [2.05, 4.69) is 23.6 Å². The van der Waals surface area contributed by atoms with Gasteiger partial charge in [-0.3, -0.25) is 13.8 Å². The highest BCUT2D eigenvalue weighted by atomic mass is 31.2. The Bertz CT molecular complexity index is 451. The van der Waals surface area contributed by atoms with Gasteiger partial charge in [0.1, 0.15) is 12.7 Å². The molecule has 6 nitrogen and oxygen atoms in total. The van der Waals surface area contributed by atoms with E-state index >= 15 is 0 Å². The van der Waals surface area contributed by atoms with E-state index in [0.29, 0.717) is 6.42 Å². The Morgan fingerprint density at radius 3 is 2.31 bits per heavy atom. The van der Waals surface area contributed by atoms with Gasteiger partial charge < -0.3 is 9.63 Å². The summed E-state index contributed by atoms with van der Waals surface area (Å²) in [5.74, 6) is -0.292. The van der Waals surface area contributed by atoms with Gasteiger partial charge in [-0.1, -0.05) is 57.6 Å². The quantitative estimate of drug-likeness (QED) is 0.177. The average Bonchev–Trinajstić information content (AvgIpc) is 2.96. The van der Waals surface area contributed by atoms with E-state index in [4.69, 9.17) is 14.2 Å². The van der Waals surface area contributed by atoms with Gasteiger partial charge in [-0.2, -0.15) is 0 Å². The van der Waals surface area contributed by atoms with E-state index < -0.39 is 13.9 Å². The van der Waals surface area contributed by atoms with Crippen LogP contribution in [0, 0.1) is 0 Å². The molecule has 1 saturated heterocycles. The summed E-state index contributed by atoms with van der Waals surface area (Å²) in [6.07, 6.45) is 17.3. The van der Waals surface area contributed by atoms with Gasteiger partial charge in [-0.15, -0.1) is 0 Å². The molecule has 152 valence electrons. The molecule has 0 aliphatic carbocycles. The Labute approximate surface area is 157 Å². The van der Waals surface area contributed by atoms with Crippen molar-refractivity contribution in [1.29, 1.82) is 0 Å². The highest BCUT2D eigenvalue weighted by Crippen LogP contribution is 2.49. The third-order valence-electron chi connectivity index (χ3n) is 4.28. The molecule has 0 amide bonds. The predicted octanol–water partition coefficient (Wildman–Crippen LogP) is 5.30. The number of ether oxygens (including phenoxy) is 1. The molecule has 0 bridgehead atoms. The van der Waals surface area contributed by atoms with Gasteiger partial charge >= 0.3 is 13.8 Å². The fraction of sp³-hybridized carbons (Fsp3) is 0.842. The third-order valence-corrected chi connectivity index (χ3v) is 5.32. The molecular weight excluding hydrogens is 355 g/mol. The number of esters is 1. The summed E-state index contributed by atoms with van der Waals surface area (Å²) in [4.78, 5) is 20.6. The molecule has 1 aliphatic rings. The summed E-state index contributed by atoms with van der Waals surface area (Å²) in [6.45, 7) is 2.18. The molecule has 2 atom stereocenters. The van der Waals surface area contributed by atoms with Crippen LogP contribution in [0.2, 0.25) is 0 Å². The first-order valence-electron chi connectivity index (χ1n) is 10.00. The van der Waals surface area contributed by atoms with Crippen molar-refractivity contribution >= 4 is 13.8 Å². The molecule has 26 heavy (non-hydrogen) atoms. The van der Waals surface area contributed by atoms with Crippen molar-refractivity contribution in [2.45, 2.75) is 90.1 Å². The molecule has 7 heteroatoms. The van der Waals surface area contributed by atoms with Gasteiger partial charge in [0, 0.05) is 6.42 Å². The number of carbonyl (C=O) groups is 1. The first-order valence-corrected chi connectivity index (χ1v) is 11.5. The normalized spacial score (nSPS) is 22.9.